The summed E-state index contributed by atoms with van der Waals surface area (Å²) in [7, 11) is 3.10. The number of nitrogens with one attached hydrogen (secondary N) is 2. The molecule has 2 amide bonds. The Morgan fingerprint density at radius 1 is 1.05 bits per heavy atom. The summed E-state index contributed by atoms with van der Waals surface area (Å²) in [6.07, 6.45) is 2.74. The van der Waals surface area contributed by atoms with Gasteiger partial charge in [0.2, 0.25) is 11.8 Å². The highest BCUT2D eigenvalue weighted by molar-refractivity contribution is 5.99. The highest BCUT2D eigenvalue weighted by Crippen LogP contribution is 2.40. The minimum absolute atomic E-state index is 0.00922. The standard InChI is InChI=1S/C16H20N2O4/c1-21-13-6-5-10(7-14(13)22-2)18-16(20)12-8-11(12)15(19)17-9-3-4-9/h5-7,9,11-12H,3-4,8H2,1-2H3,(H,17,19)(H,18,20). The number of benzene rings is 1. The number of amides is 2. The lowest BCUT2D eigenvalue weighted by Crippen LogP contribution is -2.29. The lowest BCUT2D eigenvalue weighted by Gasteiger charge is -2.10. The molecule has 0 saturated heterocycles. The molecule has 0 bridgehead atoms. The minimum atomic E-state index is -0.230. The predicted molar refractivity (Wildman–Crippen MR) is 80.9 cm³/mol. The van der Waals surface area contributed by atoms with Crippen LogP contribution in [0, 0.1) is 11.8 Å². The molecule has 0 radical (unpaired) electrons. The van der Waals surface area contributed by atoms with E-state index in [9.17, 15) is 9.59 Å². The average molecular weight is 304 g/mol. The van der Waals surface area contributed by atoms with Crippen molar-refractivity contribution in [1.29, 1.82) is 0 Å². The Kier molecular flexibility index (Phi) is 3.92. The van der Waals surface area contributed by atoms with Gasteiger partial charge in [-0.1, -0.05) is 0 Å². The van der Waals surface area contributed by atoms with Crippen molar-refractivity contribution in [2.75, 3.05) is 19.5 Å². The summed E-state index contributed by atoms with van der Waals surface area (Å²) >= 11 is 0. The van der Waals surface area contributed by atoms with Crippen LogP contribution in [-0.2, 0) is 9.59 Å². The molecule has 118 valence electrons. The smallest absolute Gasteiger partial charge is 0.228 e. The van der Waals surface area contributed by atoms with E-state index in [0.29, 0.717) is 29.6 Å². The molecule has 1 aromatic carbocycles. The third kappa shape index (κ3) is 3.16. The van der Waals surface area contributed by atoms with Gasteiger partial charge >= 0.3 is 0 Å². The molecule has 3 rings (SSSR count). The molecule has 6 heteroatoms. The first-order chi connectivity index (χ1) is 10.6. The summed E-state index contributed by atoms with van der Waals surface area (Å²) in [6.45, 7) is 0. The third-order valence-corrected chi connectivity index (χ3v) is 4.04. The molecule has 2 aliphatic carbocycles. The first kappa shape index (κ1) is 14.7. The van der Waals surface area contributed by atoms with Crippen molar-refractivity contribution < 1.29 is 19.1 Å². The van der Waals surface area contributed by atoms with Crippen LogP contribution in [0.3, 0.4) is 0 Å². The maximum absolute atomic E-state index is 12.2. The van der Waals surface area contributed by atoms with Crippen LogP contribution < -0.4 is 20.1 Å². The molecule has 2 atom stereocenters. The lowest BCUT2D eigenvalue weighted by molar-refractivity contribution is -0.125. The van der Waals surface area contributed by atoms with Crippen molar-refractivity contribution in [3.63, 3.8) is 0 Å². The monoisotopic (exact) mass is 304 g/mol. The van der Waals surface area contributed by atoms with Crippen molar-refractivity contribution in [3.8, 4) is 11.5 Å². The van der Waals surface area contributed by atoms with Gasteiger partial charge < -0.3 is 20.1 Å². The Morgan fingerprint density at radius 3 is 2.36 bits per heavy atom. The van der Waals surface area contributed by atoms with Gasteiger partial charge in [-0.3, -0.25) is 9.59 Å². The van der Waals surface area contributed by atoms with Crippen molar-refractivity contribution in [2.45, 2.75) is 25.3 Å². The highest BCUT2D eigenvalue weighted by atomic mass is 16.5. The van der Waals surface area contributed by atoms with Crippen LogP contribution in [0.15, 0.2) is 18.2 Å². The van der Waals surface area contributed by atoms with Crippen LogP contribution in [0.25, 0.3) is 0 Å². The average Bonchev–Trinajstić information content (AvgIpc) is 3.40. The second-order valence-corrected chi connectivity index (χ2v) is 5.79. The Balaban J connectivity index is 1.57. The van der Waals surface area contributed by atoms with Gasteiger partial charge in [-0.2, -0.15) is 0 Å². The van der Waals surface area contributed by atoms with Crippen molar-refractivity contribution in [2.24, 2.45) is 11.8 Å². The number of rotatable bonds is 6. The Bertz CT molecular complexity index is 598. The fourth-order valence-corrected chi connectivity index (χ4v) is 2.46. The maximum atomic E-state index is 12.2. The number of hydrogen-bond acceptors (Lipinski definition) is 4. The molecule has 6 nitrogen and oxygen atoms in total. The van der Waals surface area contributed by atoms with E-state index in [4.69, 9.17) is 9.47 Å². The van der Waals surface area contributed by atoms with Crippen LogP contribution in [0.1, 0.15) is 19.3 Å². The normalized spacial score (nSPS) is 22.6. The fourth-order valence-electron chi connectivity index (χ4n) is 2.46. The summed E-state index contributed by atoms with van der Waals surface area (Å²) in [5.74, 6) is 0.637. The largest absolute Gasteiger partial charge is 0.493 e. The molecule has 0 spiro atoms. The van der Waals surface area contributed by atoms with Gasteiger partial charge in [0.15, 0.2) is 11.5 Å². The lowest BCUT2D eigenvalue weighted by atomic mass is 10.2. The van der Waals surface area contributed by atoms with Gasteiger partial charge in [0, 0.05) is 17.8 Å². The van der Waals surface area contributed by atoms with Gasteiger partial charge in [-0.25, -0.2) is 0 Å². The predicted octanol–water partition coefficient (Wildman–Crippen LogP) is 1.56. The molecule has 0 aliphatic heterocycles. The second-order valence-electron chi connectivity index (χ2n) is 5.79. The summed E-state index contributed by atoms with van der Waals surface area (Å²) in [6, 6.07) is 5.53. The number of carbonyl (C=O) groups excluding carboxylic acids is 2. The van der Waals surface area contributed by atoms with Crippen molar-refractivity contribution >= 4 is 17.5 Å². The van der Waals surface area contributed by atoms with Crippen LogP contribution in [0.2, 0.25) is 0 Å². The molecule has 2 fully saturated rings. The Morgan fingerprint density at radius 2 is 1.73 bits per heavy atom. The number of methoxy groups -OCH3 is 2. The maximum Gasteiger partial charge on any atom is 0.228 e. The molecule has 1 aromatic rings. The summed E-state index contributed by atoms with van der Waals surface area (Å²) in [4.78, 5) is 24.1. The van der Waals surface area contributed by atoms with Gasteiger partial charge in [0.05, 0.1) is 26.1 Å². The molecular formula is C16H20N2O4. The van der Waals surface area contributed by atoms with E-state index < -0.39 is 0 Å². The molecule has 2 aliphatic rings. The molecule has 0 aromatic heterocycles. The summed E-state index contributed by atoms with van der Waals surface area (Å²) in [5, 5.41) is 5.77. The number of hydrogen-bond donors (Lipinski definition) is 2. The molecular weight excluding hydrogens is 284 g/mol. The van der Waals surface area contributed by atoms with E-state index >= 15 is 0 Å². The van der Waals surface area contributed by atoms with Gasteiger partial charge in [-0.05, 0) is 31.4 Å². The zero-order valence-corrected chi connectivity index (χ0v) is 12.7. The van der Waals surface area contributed by atoms with Crippen molar-refractivity contribution in [3.05, 3.63) is 18.2 Å². The van der Waals surface area contributed by atoms with E-state index in [1.165, 1.54) is 0 Å². The zero-order valence-electron chi connectivity index (χ0n) is 12.7. The zero-order chi connectivity index (χ0) is 15.7. The van der Waals surface area contributed by atoms with Crippen LogP contribution in [-0.4, -0.2) is 32.1 Å². The second kappa shape index (κ2) is 5.87. The molecule has 2 N–H and O–H groups in total. The van der Waals surface area contributed by atoms with E-state index in [1.807, 2.05) is 0 Å². The highest BCUT2D eigenvalue weighted by Gasteiger charge is 2.48. The van der Waals surface area contributed by atoms with E-state index in [0.717, 1.165) is 12.8 Å². The summed E-state index contributed by atoms with van der Waals surface area (Å²) < 4.78 is 10.4. The molecule has 0 heterocycles. The minimum Gasteiger partial charge on any atom is -0.493 e. The van der Waals surface area contributed by atoms with Crippen LogP contribution in [0.5, 0.6) is 11.5 Å². The van der Waals surface area contributed by atoms with Gasteiger partial charge in [0.25, 0.3) is 0 Å². The van der Waals surface area contributed by atoms with E-state index in [-0.39, 0.29) is 23.7 Å². The SMILES string of the molecule is COc1ccc(NC(=O)C2CC2C(=O)NC2CC2)cc1OC. The number of carbonyl (C=O) groups is 2. The van der Waals surface area contributed by atoms with Gasteiger partial charge in [-0.15, -0.1) is 0 Å². The van der Waals surface area contributed by atoms with Crippen LogP contribution in [0.4, 0.5) is 5.69 Å². The Labute approximate surface area is 129 Å². The van der Waals surface area contributed by atoms with Crippen molar-refractivity contribution in [1.82, 2.24) is 5.32 Å². The third-order valence-electron chi connectivity index (χ3n) is 4.04. The van der Waals surface area contributed by atoms with Crippen LogP contribution >= 0.6 is 0 Å². The molecule has 2 saturated carbocycles. The summed E-state index contributed by atoms with van der Waals surface area (Å²) in [5.41, 5.74) is 0.635. The Hall–Kier alpha value is -2.24. The van der Waals surface area contributed by atoms with E-state index in [2.05, 4.69) is 10.6 Å². The van der Waals surface area contributed by atoms with E-state index in [1.54, 1.807) is 32.4 Å². The molecule has 2 unspecified atom stereocenters. The number of anilines is 1. The first-order valence-electron chi connectivity index (χ1n) is 7.45. The number of ether oxygens (including phenoxy) is 2. The van der Waals surface area contributed by atoms with Gasteiger partial charge in [0.1, 0.15) is 0 Å². The first-order valence-corrected chi connectivity index (χ1v) is 7.45. The quantitative estimate of drug-likeness (QED) is 0.836. The molecule has 22 heavy (non-hydrogen) atoms. The topological polar surface area (TPSA) is 76.7 Å². The fraction of sp³-hybridized carbons (Fsp3) is 0.500.